The minimum Gasteiger partial charge on any atom is -0.508 e. The van der Waals surface area contributed by atoms with Crippen LogP contribution in [-0.4, -0.2) is 33.1 Å². The lowest BCUT2D eigenvalue weighted by Gasteiger charge is -2.14. The first-order valence-corrected chi connectivity index (χ1v) is 7.74. The predicted octanol–water partition coefficient (Wildman–Crippen LogP) is 1.92. The number of aryl methyl sites for hydroxylation is 1. The van der Waals surface area contributed by atoms with Gasteiger partial charge in [-0.3, -0.25) is 9.78 Å². The van der Waals surface area contributed by atoms with Gasteiger partial charge in [-0.1, -0.05) is 18.2 Å². The maximum Gasteiger partial charge on any atom is 0.326 e. The molecule has 1 heterocycles. The van der Waals surface area contributed by atoms with Gasteiger partial charge < -0.3 is 15.5 Å². The van der Waals surface area contributed by atoms with Gasteiger partial charge in [0, 0.05) is 24.7 Å². The molecular formula is C18H20N2O4. The van der Waals surface area contributed by atoms with Crippen LogP contribution >= 0.6 is 0 Å². The molecule has 0 aliphatic rings. The number of aliphatic carboxylic acids is 1. The number of pyridine rings is 1. The number of aromatic hydroxyl groups is 1. The van der Waals surface area contributed by atoms with Gasteiger partial charge in [-0.05, 0) is 42.7 Å². The number of phenols is 1. The van der Waals surface area contributed by atoms with Gasteiger partial charge in [0.05, 0.1) is 0 Å². The lowest BCUT2D eigenvalue weighted by atomic mass is 10.1. The molecule has 1 amide bonds. The summed E-state index contributed by atoms with van der Waals surface area (Å²) >= 11 is 0. The molecule has 1 aromatic carbocycles. The number of aromatic nitrogens is 1. The molecule has 1 atom stereocenters. The molecule has 0 aliphatic heterocycles. The largest absolute Gasteiger partial charge is 0.508 e. The maximum atomic E-state index is 12.0. The second-order valence-corrected chi connectivity index (χ2v) is 5.50. The monoisotopic (exact) mass is 328 g/mol. The van der Waals surface area contributed by atoms with Gasteiger partial charge in [-0.2, -0.15) is 0 Å². The third kappa shape index (κ3) is 5.72. The van der Waals surface area contributed by atoms with Crippen molar-refractivity contribution >= 4 is 11.9 Å². The van der Waals surface area contributed by atoms with Crippen molar-refractivity contribution in [1.29, 1.82) is 0 Å². The molecule has 0 spiro atoms. The van der Waals surface area contributed by atoms with Crippen LogP contribution in [0.15, 0.2) is 48.7 Å². The molecule has 0 radical (unpaired) electrons. The Morgan fingerprint density at radius 2 is 1.88 bits per heavy atom. The van der Waals surface area contributed by atoms with Gasteiger partial charge in [0.25, 0.3) is 0 Å². The molecule has 0 fully saturated rings. The molecule has 1 aromatic heterocycles. The fourth-order valence-corrected chi connectivity index (χ4v) is 2.31. The number of carboxylic acids is 1. The van der Waals surface area contributed by atoms with E-state index in [1.54, 1.807) is 18.3 Å². The number of hydrogen-bond acceptors (Lipinski definition) is 4. The normalized spacial score (nSPS) is 11.7. The molecule has 6 heteroatoms. The van der Waals surface area contributed by atoms with Crippen LogP contribution in [0.25, 0.3) is 0 Å². The first-order chi connectivity index (χ1) is 11.5. The van der Waals surface area contributed by atoms with Crippen LogP contribution in [0, 0.1) is 0 Å². The van der Waals surface area contributed by atoms with Crippen LogP contribution in [-0.2, 0) is 22.4 Å². The molecular weight excluding hydrogens is 308 g/mol. The minimum absolute atomic E-state index is 0.115. The summed E-state index contributed by atoms with van der Waals surface area (Å²) in [7, 11) is 0. The van der Waals surface area contributed by atoms with Crippen molar-refractivity contribution in [2.75, 3.05) is 0 Å². The molecule has 2 rings (SSSR count). The number of benzene rings is 1. The lowest BCUT2D eigenvalue weighted by molar-refractivity contribution is -0.141. The number of amides is 1. The van der Waals surface area contributed by atoms with Crippen LogP contribution in [0.4, 0.5) is 0 Å². The number of phenolic OH excluding ortho intramolecular Hbond substituents is 1. The summed E-state index contributed by atoms with van der Waals surface area (Å²) in [5.74, 6) is -1.26. The van der Waals surface area contributed by atoms with E-state index in [2.05, 4.69) is 10.3 Å². The lowest BCUT2D eigenvalue weighted by Crippen LogP contribution is -2.42. The first kappa shape index (κ1) is 17.5. The van der Waals surface area contributed by atoms with Crippen LogP contribution < -0.4 is 5.32 Å². The van der Waals surface area contributed by atoms with E-state index in [1.165, 1.54) is 12.1 Å². The van der Waals surface area contributed by atoms with Gasteiger partial charge in [0.1, 0.15) is 11.8 Å². The van der Waals surface area contributed by atoms with Crippen LogP contribution in [0.2, 0.25) is 0 Å². The van der Waals surface area contributed by atoms with Crippen LogP contribution in [0.3, 0.4) is 0 Å². The van der Waals surface area contributed by atoms with E-state index in [4.69, 9.17) is 0 Å². The topological polar surface area (TPSA) is 99.5 Å². The summed E-state index contributed by atoms with van der Waals surface area (Å²) in [6, 6.07) is 10.9. The molecule has 2 aromatic rings. The first-order valence-electron chi connectivity index (χ1n) is 7.74. The summed E-state index contributed by atoms with van der Waals surface area (Å²) in [5.41, 5.74) is 1.64. The Hall–Kier alpha value is -2.89. The number of rotatable bonds is 8. The summed E-state index contributed by atoms with van der Waals surface area (Å²) in [6.07, 6.45) is 3.39. The molecule has 0 aliphatic carbocycles. The molecule has 0 bridgehead atoms. The third-order valence-electron chi connectivity index (χ3n) is 3.57. The highest BCUT2D eigenvalue weighted by molar-refractivity contribution is 5.83. The van der Waals surface area contributed by atoms with E-state index >= 15 is 0 Å². The average Bonchev–Trinajstić information content (AvgIpc) is 2.57. The number of nitrogens with zero attached hydrogens (tertiary/aromatic N) is 1. The van der Waals surface area contributed by atoms with Gasteiger partial charge in [0.2, 0.25) is 5.91 Å². The number of carboxylic acid groups (broad SMARTS) is 1. The Morgan fingerprint density at radius 3 is 2.50 bits per heavy atom. The summed E-state index contributed by atoms with van der Waals surface area (Å²) in [6.45, 7) is 0. The highest BCUT2D eigenvalue weighted by atomic mass is 16.4. The summed E-state index contributed by atoms with van der Waals surface area (Å²) < 4.78 is 0. The summed E-state index contributed by atoms with van der Waals surface area (Å²) in [5, 5.41) is 21.1. The fourth-order valence-electron chi connectivity index (χ4n) is 2.31. The standard InChI is InChI=1S/C18H20N2O4/c21-15-9-7-13(8-10-15)12-16(18(23)24)20-17(22)6-3-5-14-4-1-2-11-19-14/h1-2,4,7-11,16,21H,3,5-6,12H2,(H,20,22)(H,23,24)/t16-/m0/s1. The fraction of sp³-hybridized carbons (Fsp3) is 0.278. The second-order valence-electron chi connectivity index (χ2n) is 5.50. The van der Waals surface area contributed by atoms with Crippen molar-refractivity contribution in [1.82, 2.24) is 10.3 Å². The quantitative estimate of drug-likeness (QED) is 0.687. The number of hydrogen-bond donors (Lipinski definition) is 3. The van der Waals surface area contributed by atoms with Gasteiger partial charge >= 0.3 is 5.97 Å². The maximum absolute atomic E-state index is 12.0. The Labute approximate surface area is 140 Å². The Kier molecular flexibility index (Phi) is 6.31. The van der Waals surface area contributed by atoms with E-state index in [-0.39, 0.29) is 24.5 Å². The van der Waals surface area contributed by atoms with E-state index < -0.39 is 12.0 Å². The molecule has 3 N–H and O–H groups in total. The van der Waals surface area contributed by atoms with E-state index in [9.17, 15) is 19.8 Å². The molecule has 24 heavy (non-hydrogen) atoms. The minimum atomic E-state index is -1.08. The average molecular weight is 328 g/mol. The molecule has 6 nitrogen and oxygen atoms in total. The highest BCUT2D eigenvalue weighted by Gasteiger charge is 2.20. The number of carbonyl (C=O) groups excluding carboxylic acids is 1. The van der Waals surface area contributed by atoms with Crippen molar-refractivity contribution in [3.63, 3.8) is 0 Å². The van der Waals surface area contributed by atoms with E-state index in [0.29, 0.717) is 12.8 Å². The van der Waals surface area contributed by atoms with Gasteiger partial charge in [-0.25, -0.2) is 4.79 Å². The predicted molar refractivity (Wildman–Crippen MR) is 88.6 cm³/mol. The zero-order valence-corrected chi connectivity index (χ0v) is 13.2. The van der Waals surface area contributed by atoms with Crippen molar-refractivity contribution in [3.8, 4) is 5.75 Å². The smallest absolute Gasteiger partial charge is 0.326 e. The summed E-state index contributed by atoms with van der Waals surface area (Å²) in [4.78, 5) is 27.5. The third-order valence-corrected chi connectivity index (χ3v) is 3.57. The van der Waals surface area contributed by atoms with Gasteiger partial charge in [-0.15, -0.1) is 0 Å². The number of nitrogens with one attached hydrogen (secondary N) is 1. The van der Waals surface area contributed by atoms with Crippen molar-refractivity contribution < 1.29 is 19.8 Å². The zero-order valence-electron chi connectivity index (χ0n) is 13.2. The Bertz CT molecular complexity index is 671. The van der Waals surface area contributed by atoms with Crippen molar-refractivity contribution in [3.05, 3.63) is 59.9 Å². The SMILES string of the molecule is O=C(CCCc1ccccn1)N[C@@H](Cc1ccc(O)cc1)C(=O)O. The van der Waals surface area contributed by atoms with Crippen LogP contribution in [0.1, 0.15) is 24.1 Å². The Balaban J connectivity index is 1.82. The molecule has 126 valence electrons. The van der Waals surface area contributed by atoms with Crippen LogP contribution in [0.5, 0.6) is 5.75 Å². The van der Waals surface area contributed by atoms with E-state index in [0.717, 1.165) is 11.3 Å². The van der Waals surface area contributed by atoms with Crippen molar-refractivity contribution in [2.45, 2.75) is 31.7 Å². The Morgan fingerprint density at radius 1 is 1.12 bits per heavy atom. The van der Waals surface area contributed by atoms with E-state index in [1.807, 2.05) is 18.2 Å². The second kappa shape index (κ2) is 8.67. The van der Waals surface area contributed by atoms with Crippen molar-refractivity contribution in [2.24, 2.45) is 0 Å². The van der Waals surface area contributed by atoms with Gasteiger partial charge in [0.15, 0.2) is 0 Å². The molecule has 0 unspecified atom stereocenters. The number of carbonyl (C=O) groups is 2. The zero-order chi connectivity index (χ0) is 17.4. The molecule has 0 saturated carbocycles. The molecule has 0 saturated heterocycles. The highest BCUT2D eigenvalue weighted by Crippen LogP contribution is 2.11.